The second-order valence-corrected chi connectivity index (χ2v) is 9.40. The van der Waals surface area contributed by atoms with E-state index < -0.39 is 23.9 Å². The molecular weight excluding hydrogens is 488 g/mol. The number of aliphatic carboxylic acids is 1. The molecule has 0 aliphatic rings. The maximum atomic E-state index is 13.6. The van der Waals surface area contributed by atoms with Crippen LogP contribution in [0.15, 0.2) is 24.3 Å². The first-order valence-corrected chi connectivity index (χ1v) is 12.4. The van der Waals surface area contributed by atoms with E-state index in [2.05, 4.69) is 11.9 Å². The van der Waals surface area contributed by atoms with Crippen LogP contribution in [0.25, 0.3) is 0 Å². The molecule has 1 unspecified atom stereocenters. The summed E-state index contributed by atoms with van der Waals surface area (Å²) in [4.78, 5) is 42.4. The van der Waals surface area contributed by atoms with E-state index in [0.29, 0.717) is 43.4 Å². The number of carbonyl (C=O) groups excluding carboxylic acids is 2. The fraction of sp³-hybridized carbons (Fsp3) is 0.520. The predicted octanol–water partition coefficient (Wildman–Crippen LogP) is 3.77. The van der Waals surface area contributed by atoms with Gasteiger partial charge >= 0.3 is 5.97 Å². The summed E-state index contributed by atoms with van der Waals surface area (Å²) >= 11 is 6.47. The second kappa shape index (κ2) is 13.8. The summed E-state index contributed by atoms with van der Waals surface area (Å²) in [6.07, 6.45) is 2.07. The Bertz CT molecular complexity index is 1040. The van der Waals surface area contributed by atoms with Crippen molar-refractivity contribution in [2.75, 3.05) is 13.1 Å². The summed E-state index contributed by atoms with van der Waals surface area (Å²) in [7, 11) is 0. The van der Waals surface area contributed by atoms with Gasteiger partial charge in [0.2, 0.25) is 0 Å². The average molecular weight is 523 g/mol. The fourth-order valence-electron chi connectivity index (χ4n) is 3.50. The molecule has 0 saturated carbocycles. The van der Waals surface area contributed by atoms with E-state index in [0.717, 1.165) is 18.4 Å². The highest BCUT2D eigenvalue weighted by Crippen LogP contribution is 2.24. The molecule has 1 heterocycles. The molecule has 11 heteroatoms. The van der Waals surface area contributed by atoms with Gasteiger partial charge in [-0.05, 0) is 43.4 Å². The van der Waals surface area contributed by atoms with Crippen molar-refractivity contribution < 1.29 is 29.4 Å². The first kappa shape index (κ1) is 29.1. The van der Waals surface area contributed by atoms with E-state index >= 15 is 0 Å². The number of hydroxylamine groups is 1. The van der Waals surface area contributed by atoms with Crippen LogP contribution in [0.4, 0.5) is 0 Å². The van der Waals surface area contributed by atoms with Crippen molar-refractivity contribution in [3.63, 3.8) is 0 Å². The maximum Gasteiger partial charge on any atom is 0.344 e. The van der Waals surface area contributed by atoms with Crippen molar-refractivity contribution in [2.24, 2.45) is 5.92 Å². The first-order chi connectivity index (χ1) is 17.1. The number of nitrogens with zero attached hydrogens (tertiary/aromatic N) is 3. The summed E-state index contributed by atoms with van der Waals surface area (Å²) in [6, 6.07) is 6.90. The van der Waals surface area contributed by atoms with Crippen LogP contribution in [0, 0.1) is 5.92 Å². The molecular formula is C25H35ClN4O6. The number of hydrogen-bond donors (Lipinski definition) is 3. The molecule has 1 aromatic carbocycles. The third-order valence-electron chi connectivity index (χ3n) is 5.61. The Morgan fingerprint density at radius 3 is 2.42 bits per heavy atom. The molecule has 0 saturated heterocycles. The molecule has 3 N–H and O–H groups in total. The lowest BCUT2D eigenvalue weighted by atomic mass is 10.1. The van der Waals surface area contributed by atoms with E-state index in [1.54, 1.807) is 34.3 Å². The topological polar surface area (TPSA) is 134 Å². The van der Waals surface area contributed by atoms with Crippen LogP contribution in [0.2, 0.25) is 5.15 Å². The third-order valence-corrected chi connectivity index (χ3v) is 5.87. The number of rotatable bonds is 14. The van der Waals surface area contributed by atoms with E-state index in [9.17, 15) is 14.4 Å². The molecule has 10 nitrogen and oxygen atoms in total. The van der Waals surface area contributed by atoms with Gasteiger partial charge in [-0.25, -0.2) is 15.3 Å². The number of carboxylic acids is 1. The molecule has 1 atom stereocenters. The number of nitrogens with one attached hydrogen (secondary N) is 1. The van der Waals surface area contributed by atoms with Crippen molar-refractivity contribution in [3.8, 4) is 5.75 Å². The van der Waals surface area contributed by atoms with Gasteiger partial charge in [-0.15, -0.1) is 0 Å². The molecule has 0 fully saturated rings. The van der Waals surface area contributed by atoms with Crippen molar-refractivity contribution in [3.05, 3.63) is 46.5 Å². The summed E-state index contributed by atoms with van der Waals surface area (Å²) < 4.78 is 7.15. The minimum absolute atomic E-state index is 0.0558. The van der Waals surface area contributed by atoms with Crippen LogP contribution in [-0.2, 0) is 22.6 Å². The lowest BCUT2D eigenvalue weighted by molar-refractivity contribution is -0.144. The Morgan fingerprint density at radius 2 is 1.86 bits per heavy atom. The van der Waals surface area contributed by atoms with E-state index in [4.69, 9.17) is 26.7 Å². The molecule has 0 aliphatic carbocycles. The largest absolute Gasteiger partial charge is 0.479 e. The molecule has 0 aliphatic heterocycles. The van der Waals surface area contributed by atoms with Crippen LogP contribution in [0.5, 0.6) is 5.75 Å². The van der Waals surface area contributed by atoms with Crippen molar-refractivity contribution in [2.45, 2.75) is 66.0 Å². The van der Waals surface area contributed by atoms with Crippen molar-refractivity contribution in [1.82, 2.24) is 19.9 Å². The fourth-order valence-corrected chi connectivity index (χ4v) is 3.78. The van der Waals surface area contributed by atoms with Crippen LogP contribution in [0.1, 0.15) is 68.8 Å². The molecule has 2 aromatic rings. The van der Waals surface area contributed by atoms with Crippen LogP contribution in [0.3, 0.4) is 0 Å². The number of amides is 2. The molecule has 2 rings (SSSR count). The maximum absolute atomic E-state index is 13.6. The zero-order chi connectivity index (χ0) is 26.8. The molecule has 198 valence electrons. The summed E-state index contributed by atoms with van der Waals surface area (Å²) in [5.74, 6) is -0.855. The normalized spacial score (nSPS) is 11.9. The number of aryl methyl sites for hydroxylation is 1. The van der Waals surface area contributed by atoms with E-state index in [-0.39, 0.29) is 17.4 Å². The Balaban J connectivity index is 2.40. The average Bonchev–Trinajstić information content (AvgIpc) is 3.14. The number of benzene rings is 1. The quantitative estimate of drug-likeness (QED) is 0.254. The molecule has 0 radical (unpaired) electrons. The van der Waals surface area contributed by atoms with Crippen LogP contribution in [-0.4, -0.2) is 61.7 Å². The van der Waals surface area contributed by atoms with Crippen LogP contribution >= 0.6 is 11.6 Å². The molecule has 36 heavy (non-hydrogen) atoms. The summed E-state index contributed by atoms with van der Waals surface area (Å²) in [6.45, 7) is 7.81. The highest BCUT2D eigenvalue weighted by molar-refractivity contribution is 6.32. The molecule has 0 bridgehead atoms. The minimum atomic E-state index is -1.06. The van der Waals surface area contributed by atoms with Crippen LogP contribution < -0.4 is 10.2 Å². The van der Waals surface area contributed by atoms with E-state index in [1.807, 2.05) is 13.8 Å². The zero-order valence-corrected chi connectivity index (χ0v) is 21.9. The standard InChI is InChI=1S/C25H35ClN4O6/c1-5-6-7-20-27-23(26)22(24(32)29(13-12-16(2)3)15-21(31)28-35)30(20)14-18-8-10-19(11-9-18)36-17(4)25(33)34/h8-11,16-17,35H,5-7,12-15H2,1-4H3,(H,28,31)(H,33,34). The Kier molecular flexibility index (Phi) is 11.2. The molecule has 1 aromatic heterocycles. The highest BCUT2D eigenvalue weighted by atomic mass is 35.5. The second-order valence-electron chi connectivity index (χ2n) is 9.04. The van der Waals surface area contributed by atoms with Gasteiger partial charge in [0.25, 0.3) is 11.8 Å². The monoisotopic (exact) mass is 522 g/mol. The van der Waals surface area contributed by atoms with Gasteiger partial charge in [-0.3, -0.25) is 14.8 Å². The number of hydrogen-bond acceptors (Lipinski definition) is 6. The van der Waals surface area contributed by atoms with Gasteiger partial charge in [-0.2, -0.15) is 0 Å². The minimum Gasteiger partial charge on any atom is -0.479 e. The highest BCUT2D eigenvalue weighted by Gasteiger charge is 2.28. The Hall–Kier alpha value is -3.11. The van der Waals surface area contributed by atoms with Gasteiger partial charge in [0.05, 0.1) is 0 Å². The lowest BCUT2D eigenvalue weighted by Gasteiger charge is -2.23. The van der Waals surface area contributed by atoms with E-state index in [1.165, 1.54) is 11.8 Å². The Labute approximate surface area is 216 Å². The number of ether oxygens (including phenoxy) is 1. The molecule has 2 amide bonds. The van der Waals surface area contributed by atoms with Gasteiger partial charge in [0.1, 0.15) is 23.8 Å². The number of carbonyl (C=O) groups is 3. The van der Waals surface area contributed by atoms with Gasteiger partial charge in [0.15, 0.2) is 11.3 Å². The number of imidazole rings is 1. The Morgan fingerprint density at radius 1 is 1.19 bits per heavy atom. The lowest BCUT2D eigenvalue weighted by Crippen LogP contribution is -2.41. The predicted molar refractivity (Wildman–Crippen MR) is 134 cm³/mol. The van der Waals surface area contributed by atoms with Crippen molar-refractivity contribution in [1.29, 1.82) is 0 Å². The number of unbranched alkanes of at least 4 members (excludes halogenated alkanes) is 1. The number of carboxylic acid groups (broad SMARTS) is 1. The summed E-state index contributed by atoms with van der Waals surface area (Å²) in [5.41, 5.74) is 2.59. The zero-order valence-electron chi connectivity index (χ0n) is 21.2. The van der Waals surface area contributed by atoms with Gasteiger partial charge < -0.3 is 19.3 Å². The first-order valence-electron chi connectivity index (χ1n) is 12.0. The van der Waals surface area contributed by atoms with Gasteiger partial charge in [0, 0.05) is 19.5 Å². The third kappa shape index (κ3) is 8.23. The molecule has 0 spiro atoms. The summed E-state index contributed by atoms with van der Waals surface area (Å²) in [5, 5.41) is 18.1. The number of aromatic nitrogens is 2. The SMILES string of the molecule is CCCCc1nc(Cl)c(C(=O)N(CCC(C)C)CC(=O)NO)n1Cc1ccc(OC(C)C(=O)O)cc1. The van der Waals surface area contributed by atoms with Gasteiger partial charge in [-0.1, -0.05) is 50.9 Å². The number of halogens is 1. The smallest absolute Gasteiger partial charge is 0.344 e. The van der Waals surface area contributed by atoms with Crippen molar-refractivity contribution >= 4 is 29.4 Å².